The first kappa shape index (κ1) is 17.0. The number of anilines is 2. The Morgan fingerprint density at radius 2 is 2.18 bits per heavy atom. The SMILES string of the molecule is C[C@@H](CSC(C)(C)C)Nc1cccc(N2CCCNC2=O)c1. The number of carbonyl (C=O) groups excluding carboxylic acids is 1. The normalized spacial score (nSPS) is 17.1. The molecular formula is C17H27N3OS. The molecule has 1 atom stereocenters. The molecule has 1 fully saturated rings. The van der Waals surface area contributed by atoms with Crippen molar-refractivity contribution in [2.24, 2.45) is 0 Å². The zero-order chi connectivity index (χ0) is 16.2. The quantitative estimate of drug-likeness (QED) is 0.863. The Morgan fingerprint density at radius 1 is 1.41 bits per heavy atom. The predicted molar refractivity (Wildman–Crippen MR) is 97.1 cm³/mol. The van der Waals surface area contributed by atoms with Gasteiger partial charge in [-0.2, -0.15) is 11.8 Å². The first-order chi connectivity index (χ1) is 10.3. The van der Waals surface area contributed by atoms with Crippen molar-refractivity contribution >= 4 is 29.2 Å². The Morgan fingerprint density at radius 3 is 2.86 bits per heavy atom. The van der Waals surface area contributed by atoms with Crippen LogP contribution in [0.2, 0.25) is 0 Å². The fraction of sp³-hybridized carbons (Fsp3) is 0.588. The van der Waals surface area contributed by atoms with Gasteiger partial charge in [-0.1, -0.05) is 26.8 Å². The van der Waals surface area contributed by atoms with Crippen molar-refractivity contribution in [2.75, 3.05) is 29.1 Å². The van der Waals surface area contributed by atoms with Crippen LogP contribution in [0.15, 0.2) is 24.3 Å². The maximum Gasteiger partial charge on any atom is 0.321 e. The lowest BCUT2D eigenvalue weighted by Crippen LogP contribution is -2.46. The summed E-state index contributed by atoms with van der Waals surface area (Å²) in [5.41, 5.74) is 2.02. The standard InChI is InChI=1S/C17H27N3OS/c1-13(12-22-17(2,3)4)19-14-7-5-8-15(11-14)20-10-6-9-18-16(20)21/h5,7-8,11,13,19H,6,9-10,12H2,1-4H3,(H,18,21)/t13-/m0/s1. The number of benzene rings is 1. The smallest absolute Gasteiger partial charge is 0.321 e. The van der Waals surface area contributed by atoms with Crippen molar-refractivity contribution < 1.29 is 4.79 Å². The van der Waals surface area contributed by atoms with Gasteiger partial charge in [0.2, 0.25) is 0 Å². The highest BCUT2D eigenvalue weighted by Crippen LogP contribution is 2.26. The first-order valence-corrected chi connectivity index (χ1v) is 8.90. The van der Waals surface area contributed by atoms with E-state index in [2.05, 4.69) is 50.5 Å². The lowest BCUT2D eigenvalue weighted by atomic mass is 10.2. The van der Waals surface area contributed by atoms with E-state index in [0.717, 1.165) is 36.6 Å². The van der Waals surface area contributed by atoms with Crippen molar-refractivity contribution in [3.63, 3.8) is 0 Å². The lowest BCUT2D eigenvalue weighted by Gasteiger charge is -2.28. The molecular weight excluding hydrogens is 294 g/mol. The third kappa shape index (κ3) is 5.13. The van der Waals surface area contributed by atoms with E-state index < -0.39 is 0 Å². The molecule has 1 aliphatic heterocycles. The summed E-state index contributed by atoms with van der Waals surface area (Å²) in [5.74, 6) is 1.05. The van der Waals surface area contributed by atoms with E-state index in [1.54, 1.807) is 0 Å². The summed E-state index contributed by atoms with van der Waals surface area (Å²) in [6.45, 7) is 10.5. The first-order valence-electron chi connectivity index (χ1n) is 7.91. The molecule has 1 aliphatic rings. The molecule has 2 N–H and O–H groups in total. The summed E-state index contributed by atoms with van der Waals surface area (Å²) >= 11 is 1.96. The number of rotatable bonds is 5. The van der Waals surface area contributed by atoms with E-state index in [-0.39, 0.29) is 10.8 Å². The Kier molecular flexibility index (Phi) is 5.62. The van der Waals surface area contributed by atoms with Gasteiger partial charge >= 0.3 is 6.03 Å². The molecule has 0 radical (unpaired) electrons. The minimum atomic E-state index is -0.000244. The third-order valence-corrected chi connectivity index (χ3v) is 4.95. The molecule has 0 aromatic heterocycles. The van der Waals surface area contributed by atoms with Crippen molar-refractivity contribution in [1.29, 1.82) is 0 Å². The molecule has 1 aromatic carbocycles. The van der Waals surface area contributed by atoms with Crippen LogP contribution in [0.1, 0.15) is 34.1 Å². The van der Waals surface area contributed by atoms with Gasteiger partial charge in [-0.05, 0) is 31.5 Å². The van der Waals surface area contributed by atoms with E-state index >= 15 is 0 Å². The fourth-order valence-corrected chi connectivity index (χ4v) is 3.17. The molecule has 0 aliphatic carbocycles. The van der Waals surface area contributed by atoms with Crippen LogP contribution in [-0.2, 0) is 0 Å². The largest absolute Gasteiger partial charge is 0.382 e. The number of nitrogens with zero attached hydrogens (tertiary/aromatic N) is 1. The average Bonchev–Trinajstić information content (AvgIpc) is 2.45. The molecule has 1 saturated heterocycles. The predicted octanol–water partition coefficient (Wildman–Crippen LogP) is 3.94. The van der Waals surface area contributed by atoms with Crippen LogP contribution in [-0.4, -0.2) is 35.7 Å². The van der Waals surface area contributed by atoms with Crippen LogP contribution in [0.25, 0.3) is 0 Å². The maximum absolute atomic E-state index is 11.9. The van der Waals surface area contributed by atoms with E-state index in [1.807, 2.05) is 28.8 Å². The van der Waals surface area contributed by atoms with Gasteiger partial charge < -0.3 is 10.6 Å². The van der Waals surface area contributed by atoms with Crippen LogP contribution in [0.3, 0.4) is 0 Å². The van der Waals surface area contributed by atoms with Crippen LogP contribution in [0.4, 0.5) is 16.2 Å². The number of amides is 2. The minimum Gasteiger partial charge on any atom is -0.382 e. The molecule has 0 saturated carbocycles. The molecule has 1 heterocycles. The van der Waals surface area contributed by atoms with E-state index in [0.29, 0.717) is 6.04 Å². The Balaban J connectivity index is 1.97. The third-order valence-electron chi connectivity index (χ3n) is 3.42. The number of hydrogen-bond donors (Lipinski definition) is 2. The number of nitrogens with one attached hydrogen (secondary N) is 2. The Hall–Kier alpha value is -1.36. The minimum absolute atomic E-state index is 0.000244. The number of carbonyl (C=O) groups is 1. The molecule has 1 aromatic rings. The zero-order valence-corrected chi connectivity index (χ0v) is 14.8. The summed E-state index contributed by atoms with van der Waals surface area (Å²) in [4.78, 5) is 13.7. The molecule has 0 spiro atoms. The molecule has 122 valence electrons. The van der Waals surface area contributed by atoms with Gasteiger partial charge in [-0.25, -0.2) is 4.79 Å². The van der Waals surface area contributed by atoms with Gasteiger partial charge in [0.15, 0.2) is 0 Å². The summed E-state index contributed by atoms with van der Waals surface area (Å²) in [6.07, 6.45) is 0.988. The highest BCUT2D eigenvalue weighted by Gasteiger charge is 2.19. The average molecular weight is 321 g/mol. The topological polar surface area (TPSA) is 44.4 Å². The van der Waals surface area contributed by atoms with Crippen LogP contribution < -0.4 is 15.5 Å². The van der Waals surface area contributed by atoms with E-state index in [1.165, 1.54) is 0 Å². The molecule has 2 amide bonds. The molecule has 22 heavy (non-hydrogen) atoms. The summed E-state index contributed by atoms with van der Waals surface area (Å²) in [6, 6.07) is 8.50. The maximum atomic E-state index is 11.9. The van der Waals surface area contributed by atoms with Crippen LogP contribution in [0.5, 0.6) is 0 Å². The second-order valence-electron chi connectivity index (χ2n) is 6.76. The molecule has 0 unspecified atom stereocenters. The van der Waals surface area contributed by atoms with Crippen LogP contribution >= 0.6 is 11.8 Å². The highest BCUT2D eigenvalue weighted by molar-refractivity contribution is 8.00. The van der Waals surface area contributed by atoms with Gasteiger partial charge in [0.1, 0.15) is 0 Å². The molecule has 5 heteroatoms. The lowest BCUT2D eigenvalue weighted by molar-refractivity contribution is 0.243. The van der Waals surface area contributed by atoms with Crippen molar-refractivity contribution in [3.8, 4) is 0 Å². The number of thioether (sulfide) groups is 1. The Labute approximate surface area is 138 Å². The zero-order valence-electron chi connectivity index (χ0n) is 14.0. The van der Waals surface area contributed by atoms with Gasteiger partial charge in [0.25, 0.3) is 0 Å². The second-order valence-corrected chi connectivity index (χ2v) is 8.60. The van der Waals surface area contributed by atoms with Gasteiger partial charge in [-0.3, -0.25) is 4.90 Å². The molecule has 0 bridgehead atoms. The van der Waals surface area contributed by atoms with Crippen molar-refractivity contribution in [3.05, 3.63) is 24.3 Å². The fourth-order valence-electron chi connectivity index (χ4n) is 2.34. The van der Waals surface area contributed by atoms with Gasteiger partial charge in [0.05, 0.1) is 0 Å². The van der Waals surface area contributed by atoms with Gasteiger partial charge in [-0.15, -0.1) is 0 Å². The number of urea groups is 1. The van der Waals surface area contributed by atoms with Gasteiger partial charge in [0, 0.05) is 41.0 Å². The van der Waals surface area contributed by atoms with Crippen molar-refractivity contribution in [2.45, 2.75) is 44.9 Å². The monoisotopic (exact) mass is 321 g/mol. The second kappa shape index (κ2) is 7.27. The van der Waals surface area contributed by atoms with E-state index in [9.17, 15) is 4.79 Å². The van der Waals surface area contributed by atoms with Crippen LogP contribution in [0, 0.1) is 0 Å². The highest BCUT2D eigenvalue weighted by atomic mass is 32.2. The summed E-state index contributed by atoms with van der Waals surface area (Å²) < 4.78 is 0.281. The Bertz CT molecular complexity index is 513. The summed E-state index contributed by atoms with van der Waals surface area (Å²) in [7, 11) is 0. The van der Waals surface area contributed by atoms with E-state index in [4.69, 9.17) is 0 Å². The molecule has 4 nitrogen and oxygen atoms in total. The molecule has 2 rings (SSSR count). The summed E-state index contributed by atoms with van der Waals surface area (Å²) in [5, 5.41) is 6.42. The van der Waals surface area contributed by atoms with Crippen molar-refractivity contribution in [1.82, 2.24) is 5.32 Å². The number of hydrogen-bond acceptors (Lipinski definition) is 3.